The van der Waals surface area contributed by atoms with Gasteiger partial charge in [0.15, 0.2) is 0 Å². The van der Waals surface area contributed by atoms with Gasteiger partial charge in [-0.25, -0.2) is 4.79 Å². The van der Waals surface area contributed by atoms with Crippen LogP contribution in [0.4, 0.5) is 0 Å². The topological polar surface area (TPSA) is 46.5 Å². The maximum absolute atomic E-state index is 12.8. The van der Waals surface area contributed by atoms with Gasteiger partial charge in [-0.1, -0.05) is 19.1 Å². The van der Waals surface area contributed by atoms with E-state index >= 15 is 0 Å². The summed E-state index contributed by atoms with van der Waals surface area (Å²) >= 11 is 2.75. The summed E-state index contributed by atoms with van der Waals surface area (Å²) in [5.41, 5.74) is -1.68. The van der Waals surface area contributed by atoms with Gasteiger partial charge in [0.05, 0.1) is 9.75 Å². The largest absolute Gasteiger partial charge is 0.460 e. The minimum Gasteiger partial charge on any atom is -0.460 e. The number of carbonyl (C=O) groups excluding carboxylic acids is 1. The molecule has 2 aromatic rings. The molecule has 0 radical (unpaired) electrons. The zero-order valence-electron chi connectivity index (χ0n) is 12.5. The Bertz CT molecular complexity index is 562. The van der Waals surface area contributed by atoms with Crippen LogP contribution in [0.25, 0.3) is 0 Å². The van der Waals surface area contributed by atoms with Crippen LogP contribution in [-0.2, 0) is 15.1 Å². The summed E-state index contributed by atoms with van der Waals surface area (Å²) in [6.07, 6.45) is 3.86. The molecule has 118 valence electrons. The number of carbonyl (C=O) groups is 1. The highest BCUT2D eigenvalue weighted by molar-refractivity contribution is 7.12. The van der Waals surface area contributed by atoms with Gasteiger partial charge in [0, 0.05) is 0 Å². The molecule has 3 nitrogen and oxygen atoms in total. The molecule has 0 amide bonds. The summed E-state index contributed by atoms with van der Waals surface area (Å²) in [6, 6.07) is 7.26. The van der Waals surface area contributed by atoms with Crippen LogP contribution in [-0.4, -0.2) is 17.2 Å². The van der Waals surface area contributed by atoms with E-state index in [1.807, 2.05) is 22.9 Å². The molecular formula is C17H20O3S2. The van der Waals surface area contributed by atoms with Crippen LogP contribution in [0.3, 0.4) is 0 Å². The molecule has 0 unspecified atom stereocenters. The summed E-state index contributed by atoms with van der Waals surface area (Å²) in [6.45, 7) is 2.23. The summed E-state index contributed by atoms with van der Waals surface area (Å²) in [5.74, 6) is 0.153. The van der Waals surface area contributed by atoms with Crippen molar-refractivity contribution < 1.29 is 14.6 Å². The third-order valence-corrected chi connectivity index (χ3v) is 6.24. The number of hydrogen-bond donors (Lipinski definition) is 1. The second kappa shape index (κ2) is 6.52. The standard InChI is InChI=1S/C17H20O3S2/c1-12-6-8-13(9-7-12)20-16(18)17(19,14-4-2-10-21-14)15-5-3-11-22-15/h2-5,10-13,19H,6-9H2,1H3/t12-,13-. The smallest absolute Gasteiger partial charge is 0.349 e. The normalized spacial score (nSPS) is 22.5. The number of ether oxygens (including phenoxy) is 1. The summed E-state index contributed by atoms with van der Waals surface area (Å²) in [7, 11) is 0. The molecule has 0 saturated heterocycles. The van der Waals surface area contributed by atoms with Crippen LogP contribution in [0, 0.1) is 5.92 Å². The Morgan fingerprint density at radius 1 is 1.14 bits per heavy atom. The fraction of sp³-hybridized carbons (Fsp3) is 0.471. The van der Waals surface area contributed by atoms with E-state index in [2.05, 4.69) is 6.92 Å². The fourth-order valence-corrected chi connectivity index (χ4v) is 4.59. The molecular weight excluding hydrogens is 316 g/mol. The van der Waals surface area contributed by atoms with Gasteiger partial charge >= 0.3 is 5.97 Å². The number of thiophene rings is 2. The quantitative estimate of drug-likeness (QED) is 0.853. The minimum absolute atomic E-state index is 0.0739. The van der Waals surface area contributed by atoms with E-state index in [1.165, 1.54) is 22.7 Å². The molecule has 2 heterocycles. The third kappa shape index (κ3) is 2.98. The lowest BCUT2D eigenvalue weighted by Gasteiger charge is -2.30. The number of aliphatic hydroxyl groups is 1. The molecule has 0 aromatic carbocycles. The zero-order chi connectivity index (χ0) is 15.6. The van der Waals surface area contributed by atoms with Crippen LogP contribution in [0.2, 0.25) is 0 Å². The van der Waals surface area contributed by atoms with E-state index in [0.717, 1.165) is 25.7 Å². The molecule has 2 aromatic heterocycles. The lowest BCUT2D eigenvalue weighted by molar-refractivity contribution is -0.169. The summed E-state index contributed by atoms with van der Waals surface area (Å²) in [4.78, 5) is 14.0. The second-order valence-corrected chi connectivity index (χ2v) is 7.85. The molecule has 0 spiro atoms. The maximum atomic E-state index is 12.8. The highest BCUT2D eigenvalue weighted by Crippen LogP contribution is 2.38. The average Bonchev–Trinajstić information content (AvgIpc) is 3.22. The first kappa shape index (κ1) is 15.7. The first-order valence-corrected chi connectivity index (χ1v) is 9.38. The van der Waals surface area contributed by atoms with Crippen molar-refractivity contribution in [3.05, 3.63) is 44.8 Å². The Labute approximate surface area is 138 Å². The van der Waals surface area contributed by atoms with Crippen molar-refractivity contribution >= 4 is 28.6 Å². The van der Waals surface area contributed by atoms with Crippen LogP contribution in [0.1, 0.15) is 42.4 Å². The first-order valence-electron chi connectivity index (χ1n) is 7.62. The highest BCUT2D eigenvalue weighted by atomic mass is 32.1. The molecule has 1 N–H and O–H groups in total. The predicted molar refractivity (Wildman–Crippen MR) is 89.1 cm³/mol. The molecule has 1 fully saturated rings. The molecule has 1 aliphatic rings. The Balaban J connectivity index is 1.82. The van der Waals surface area contributed by atoms with Crippen molar-refractivity contribution in [3.8, 4) is 0 Å². The number of hydrogen-bond acceptors (Lipinski definition) is 5. The minimum atomic E-state index is -1.68. The molecule has 0 atom stereocenters. The van der Waals surface area contributed by atoms with E-state index < -0.39 is 11.6 Å². The molecule has 0 aliphatic heterocycles. The Morgan fingerprint density at radius 2 is 1.68 bits per heavy atom. The van der Waals surface area contributed by atoms with Crippen molar-refractivity contribution in [1.82, 2.24) is 0 Å². The van der Waals surface area contributed by atoms with Crippen molar-refractivity contribution in [2.75, 3.05) is 0 Å². The predicted octanol–water partition coefficient (Wildman–Crippen LogP) is 4.17. The third-order valence-electron chi connectivity index (χ3n) is 4.29. The Kier molecular flexibility index (Phi) is 4.66. The van der Waals surface area contributed by atoms with Gasteiger partial charge in [-0.15, -0.1) is 22.7 Å². The molecule has 22 heavy (non-hydrogen) atoms. The van der Waals surface area contributed by atoms with Crippen LogP contribution < -0.4 is 0 Å². The van der Waals surface area contributed by atoms with Crippen molar-refractivity contribution in [2.45, 2.75) is 44.3 Å². The van der Waals surface area contributed by atoms with Gasteiger partial charge in [-0.3, -0.25) is 0 Å². The lowest BCUT2D eigenvalue weighted by atomic mass is 9.88. The molecule has 5 heteroatoms. The number of rotatable bonds is 4. The summed E-state index contributed by atoms with van der Waals surface area (Å²) < 4.78 is 5.68. The van der Waals surface area contributed by atoms with Crippen molar-refractivity contribution in [1.29, 1.82) is 0 Å². The van der Waals surface area contributed by atoms with E-state index in [4.69, 9.17) is 4.74 Å². The highest BCUT2D eigenvalue weighted by Gasteiger charge is 2.44. The van der Waals surface area contributed by atoms with Gasteiger partial charge in [0.2, 0.25) is 5.60 Å². The average molecular weight is 336 g/mol. The van der Waals surface area contributed by atoms with E-state index in [-0.39, 0.29) is 6.10 Å². The molecule has 1 saturated carbocycles. The SMILES string of the molecule is C[C@H]1CC[C@H](OC(=O)C(O)(c2cccs2)c2cccs2)CC1. The monoisotopic (exact) mass is 336 g/mol. The Morgan fingerprint density at radius 3 is 2.14 bits per heavy atom. The van der Waals surface area contributed by atoms with Crippen LogP contribution in [0.15, 0.2) is 35.0 Å². The second-order valence-electron chi connectivity index (χ2n) is 5.95. The lowest BCUT2D eigenvalue weighted by Crippen LogP contribution is -2.39. The Hall–Kier alpha value is -1.17. The van der Waals surface area contributed by atoms with E-state index in [1.54, 1.807) is 12.1 Å². The molecule has 1 aliphatic carbocycles. The van der Waals surface area contributed by atoms with Gasteiger partial charge in [0.25, 0.3) is 0 Å². The van der Waals surface area contributed by atoms with Gasteiger partial charge in [-0.05, 0) is 54.5 Å². The molecule has 0 bridgehead atoms. The van der Waals surface area contributed by atoms with E-state index in [0.29, 0.717) is 15.7 Å². The van der Waals surface area contributed by atoms with Crippen LogP contribution in [0.5, 0.6) is 0 Å². The van der Waals surface area contributed by atoms with Gasteiger partial charge in [-0.2, -0.15) is 0 Å². The van der Waals surface area contributed by atoms with Gasteiger partial charge in [0.1, 0.15) is 6.10 Å². The molecule has 3 rings (SSSR count). The zero-order valence-corrected chi connectivity index (χ0v) is 14.2. The first-order chi connectivity index (χ1) is 10.6. The van der Waals surface area contributed by atoms with E-state index in [9.17, 15) is 9.90 Å². The maximum Gasteiger partial charge on any atom is 0.349 e. The van der Waals surface area contributed by atoms with Crippen molar-refractivity contribution in [3.63, 3.8) is 0 Å². The van der Waals surface area contributed by atoms with Crippen molar-refractivity contribution in [2.24, 2.45) is 5.92 Å². The van der Waals surface area contributed by atoms with Gasteiger partial charge < -0.3 is 9.84 Å². The fourth-order valence-electron chi connectivity index (χ4n) is 2.88. The number of esters is 1. The summed E-state index contributed by atoms with van der Waals surface area (Å²) in [5, 5.41) is 14.9. The van der Waals surface area contributed by atoms with Crippen LogP contribution >= 0.6 is 22.7 Å².